The van der Waals surface area contributed by atoms with Crippen molar-refractivity contribution in [1.29, 1.82) is 0 Å². The lowest BCUT2D eigenvalue weighted by Crippen LogP contribution is -2.05. The molecule has 0 radical (unpaired) electrons. The molecule has 3 aromatic rings. The predicted molar refractivity (Wildman–Crippen MR) is 65.0 cm³/mol. The Morgan fingerprint density at radius 1 is 1.18 bits per heavy atom. The van der Waals surface area contributed by atoms with Crippen LogP contribution in [0.4, 0.5) is 0 Å². The van der Waals surface area contributed by atoms with Crippen LogP contribution in [0.15, 0.2) is 35.1 Å². The lowest BCUT2D eigenvalue weighted by molar-refractivity contribution is 0.985. The lowest BCUT2D eigenvalue weighted by atomic mass is 10.3. The van der Waals surface area contributed by atoms with E-state index in [9.17, 15) is 4.79 Å². The fourth-order valence-corrected chi connectivity index (χ4v) is 1.81. The summed E-state index contributed by atoms with van der Waals surface area (Å²) in [5.41, 5.74) is 1.84. The van der Waals surface area contributed by atoms with Gasteiger partial charge in [0.25, 0.3) is 5.56 Å². The van der Waals surface area contributed by atoms with E-state index in [0.29, 0.717) is 22.1 Å². The summed E-state index contributed by atoms with van der Waals surface area (Å²) in [6.07, 6.45) is 0. The number of nitrogens with one attached hydrogen (secondary N) is 2. The zero-order valence-corrected chi connectivity index (χ0v) is 9.32. The van der Waals surface area contributed by atoms with Crippen molar-refractivity contribution in [2.24, 2.45) is 0 Å². The largest absolute Gasteiger partial charge is 0.337 e. The minimum Gasteiger partial charge on any atom is -0.337 e. The molecule has 84 valence electrons. The molecule has 1 aromatic carbocycles. The molecular formula is C11H7ClN4O. The molecule has 0 bridgehead atoms. The molecule has 0 unspecified atom stereocenters. The Labute approximate surface area is 100 Å². The first-order valence-electron chi connectivity index (χ1n) is 4.94. The first-order valence-corrected chi connectivity index (χ1v) is 5.32. The molecule has 6 heteroatoms. The van der Waals surface area contributed by atoms with Gasteiger partial charge in [-0.1, -0.05) is 17.7 Å². The van der Waals surface area contributed by atoms with E-state index < -0.39 is 0 Å². The van der Waals surface area contributed by atoms with E-state index in [4.69, 9.17) is 11.6 Å². The third kappa shape index (κ3) is 1.70. The van der Waals surface area contributed by atoms with Crippen LogP contribution in [-0.4, -0.2) is 20.2 Å². The zero-order valence-electron chi connectivity index (χ0n) is 8.57. The van der Waals surface area contributed by atoms with Crippen LogP contribution in [0.25, 0.3) is 22.6 Å². The third-order valence-corrected chi connectivity index (χ3v) is 2.69. The summed E-state index contributed by atoms with van der Waals surface area (Å²) in [5, 5.41) is 6.84. The highest BCUT2D eigenvalue weighted by Gasteiger charge is 2.08. The van der Waals surface area contributed by atoms with Gasteiger partial charge in [0.05, 0.1) is 10.5 Å². The molecule has 0 aliphatic carbocycles. The molecule has 0 amide bonds. The highest BCUT2D eigenvalue weighted by atomic mass is 35.5. The van der Waals surface area contributed by atoms with Gasteiger partial charge in [0, 0.05) is 6.07 Å². The smallest absolute Gasteiger partial charge is 0.264 e. The second-order valence-corrected chi connectivity index (χ2v) is 3.94. The molecule has 5 nitrogen and oxygen atoms in total. The molecule has 0 saturated carbocycles. The number of rotatable bonds is 1. The second-order valence-electron chi connectivity index (χ2n) is 3.53. The van der Waals surface area contributed by atoms with Crippen molar-refractivity contribution in [3.8, 4) is 11.5 Å². The highest BCUT2D eigenvalue weighted by Crippen LogP contribution is 2.23. The van der Waals surface area contributed by atoms with Gasteiger partial charge in [0.2, 0.25) is 0 Å². The zero-order chi connectivity index (χ0) is 11.8. The maximum absolute atomic E-state index is 10.9. The summed E-state index contributed by atoms with van der Waals surface area (Å²) in [6.45, 7) is 0. The number of benzene rings is 1. The van der Waals surface area contributed by atoms with E-state index in [1.165, 1.54) is 6.07 Å². The van der Waals surface area contributed by atoms with Gasteiger partial charge in [0.15, 0.2) is 5.82 Å². The van der Waals surface area contributed by atoms with E-state index in [1.54, 1.807) is 12.1 Å². The Morgan fingerprint density at radius 2 is 2.06 bits per heavy atom. The number of hydrogen-bond donors (Lipinski definition) is 2. The number of aromatic nitrogens is 4. The Morgan fingerprint density at radius 3 is 2.76 bits per heavy atom. The predicted octanol–water partition coefficient (Wildman–Crippen LogP) is 1.97. The van der Waals surface area contributed by atoms with Crippen LogP contribution in [0.5, 0.6) is 0 Å². The topological polar surface area (TPSA) is 74.4 Å². The number of nitrogens with zero attached hydrogens (tertiary/aromatic N) is 2. The molecule has 0 atom stereocenters. The monoisotopic (exact) mass is 246 g/mol. The van der Waals surface area contributed by atoms with Crippen molar-refractivity contribution in [3.05, 3.63) is 45.7 Å². The van der Waals surface area contributed by atoms with Crippen LogP contribution in [0.3, 0.4) is 0 Å². The molecule has 0 spiro atoms. The van der Waals surface area contributed by atoms with Gasteiger partial charge in [-0.15, -0.1) is 0 Å². The lowest BCUT2D eigenvalue weighted by Gasteiger charge is -1.91. The van der Waals surface area contributed by atoms with Crippen molar-refractivity contribution in [2.45, 2.75) is 0 Å². The van der Waals surface area contributed by atoms with Gasteiger partial charge >= 0.3 is 0 Å². The molecule has 17 heavy (non-hydrogen) atoms. The molecule has 2 aromatic heterocycles. The molecular weight excluding hydrogens is 240 g/mol. The van der Waals surface area contributed by atoms with Crippen LogP contribution >= 0.6 is 11.6 Å². The number of fused-ring (bicyclic) bond motifs is 1. The SMILES string of the molecule is O=c1ccc(-c2nc3c(Cl)cccc3[nH]2)n[nH]1. The van der Waals surface area contributed by atoms with E-state index in [2.05, 4.69) is 20.2 Å². The fourth-order valence-electron chi connectivity index (χ4n) is 1.59. The fraction of sp³-hybridized carbons (Fsp3) is 0. The minimum absolute atomic E-state index is 0.247. The number of aromatic amines is 2. The summed E-state index contributed by atoms with van der Waals surface area (Å²) >= 11 is 6.02. The van der Waals surface area contributed by atoms with Crippen LogP contribution < -0.4 is 5.56 Å². The number of H-pyrrole nitrogens is 2. The van der Waals surface area contributed by atoms with Gasteiger partial charge in [-0.3, -0.25) is 4.79 Å². The maximum Gasteiger partial charge on any atom is 0.264 e. The summed E-state index contributed by atoms with van der Waals surface area (Å²) in [5.74, 6) is 0.573. The molecule has 3 rings (SSSR count). The van der Waals surface area contributed by atoms with E-state index in [0.717, 1.165) is 5.52 Å². The van der Waals surface area contributed by atoms with E-state index in [1.807, 2.05) is 12.1 Å². The van der Waals surface area contributed by atoms with Crippen LogP contribution in [0.1, 0.15) is 0 Å². The van der Waals surface area contributed by atoms with Gasteiger partial charge in [-0.2, -0.15) is 5.10 Å². The average Bonchev–Trinajstić information content (AvgIpc) is 2.75. The number of hydrogen-bond acceptors (Lipinski definition) is 3. The summed E-state index contributed by atoms with van der Waals surface area (Å²) in [4.78, 5) is 18.3. The molecule has 0 saturated heterocycles. The number of para-hydroxylation sites is 1. The van der Waals surface area contributed by atoms with Crippen molar-refractivity contribution in [2.75, 3.05) is 0 Å². The summed E-state index contributed by atoms with van der Waals surface area (Å²) in [6, 6.07) is 8.49. The summed E-state index contributed by atoms with van der Waals surface area (Å²) in [7, 11) is 0. The van der Waals surface area contributed by atoms with E-state index >= 15 is 0 Å². The van der Waals surface area contributed by atoms with Gasteiger partial charge in [-0.25, -0.2) is 10.1 Å². The minimum atomic E-state index is -0.247. The van der Waals surface area contributed by atoms with Gasteiger partial charge in [-0.05, 0) is 18.2 Å². The van der Waals surface area contributed by atoms with Crippen LogP contribution in [-0.2, 0) is 0 Å². The normalized spacial score (nSPS) is 10.9. The summed E-state index contributed by atoms with van der Waals surface area (Å²) < 4.78 is 0. The number of imidazole rings is 1. The molecule has 2 heterocycles. The van der Waals surface area contributed by atoms with Gasteiger partial charge < -0.3 is 4.98 Å². The Bertz CT molecular complexity index is 726. The Balaban J connectivity index is 2.21. The highest BCUT2D eigenvalue weighted by molar-refractivity contribution is 6.34. The standard InChI is InChI=1S/C11H7ClN4O/c12-6-2-1-3-7-10(6)14-11(13-7)8-4-5-9(17)16-15-8/h1-5H,(H,13,14)(H,16,17). The van der Waals surface area contributed by atoms with Crippen LogP contribution in [0.2, 0.25) is 5.02 Å². The second kappa shape index (κ2) is 3.71. The molecule has 0 fully saturated rings. The van der Waals surface area contributed by atoms with Crippen molar-refractivity contribution in [1.82, 2.24) is 20.2 Å². The molecule has 2 N–H and O–H groups in total. The first kappa shape index (κ1) is 10.0. The van der Waals surface area contributed by atoms with Crippen LogP contribution in [0, 0.1) is 0 Å². The van der Waals surface area contributed by atoms with Crippen molar-refractivity contribution < 1.29 is 0 Å². The quantitative estimate of drug-likeness (QED) is 0.689. The molecule has 0 aliphatic heterocycles. The first-order chi connectivity index (χ1) is 8.24. The Hall–Kier alpha value is -2.14. The van der Waals surface area contributed by atoms with Crippen molar-refractivity contribution >= 4 is 22.6 Å². The maximum atomic E-state index is 10.9. The molecule has 0 aliphatic rings. The number of halogens is 1. The van der Waals surface area contributed by atoms with Gasteiger partial charge in [0.1, 0.15) is 11.2 Å². The third-order valence-electron chi connectivity index (χ3n) is 2.39. The van der Waals surface area contributed by atoms with Crippen molar-refractivity contribution in [3.63, 3.8) is 0 Å². The van der Waals surface area contributed by atoms with E-state index in [-0.39, 0.29) is 5.56 Å². The average molecular weight is 247 g/mol. The Kier molecular flexibility index (Phi) is 2.19.